The van der Waals surface area contributed by atoms with E-state index in [2.05, 4.69) is 0 Å². The van der Waals surface area contributed by atoms with Crippen LogP contribution in [-0.4, -0.2) is 28.9 Å². The van der Waals surface area contributed by atoms with Gasteiger partial charge in [-0.2, -0.15) is 0 Å². The predicted molar refractivity (Wildman–Crippen MR) is 67.7 cm³/mol. The molecular weight excluding hydrogens is 236 g/mol. The van der Waals surface area contributed by atoms with Crippen molar-refractivity contribution in [3.63, 3.8) is 0 Å². The molecule has 0 N–H and O–H groups in total. The van der Waals surface area contributed by atoms with E-state index < -0.39 is 9.05 Å². The van der Waals surface area contributed by atoms with Crippen molar-refractivity contribution in [2.24, 2.45) is 0 Å². The zero-order valence-electron chi connectivity index (χ0n) is 10.6. The van der Waals surface area contributed by atoms with Crippen molar-refractivity contribution >= 4 is 9.05 Å². The fourth-order valence-electron chi connectivity index (χ4n) is 1.38. The second-order valence-corrected chi connectivity index (χ2v) is 5.28. The monoisotopic (exact) mass is 256 g/mol. The second-order valence-electron chi connectivity index (χ2n) is 3.21. The average molecular weight is 256 g/mol. The van der Waals surface area contributed by atoms with Gasteiger partial charge in [-0.3, -0.25) is 0 Å². The molecule has 0 aromatic heterocycles. The Morgan fingerprint density at radius 2 is 1.29 bits per heavy atom. The molecule has 96 valence electrons. The van der Waals surface area contributed by atoms with Gasteiger partial charge in [-0.15, -0.1) is 0 Å². The molecule has 0 saturated carbocycles. The van der Waals surface area contributed by atoms with E-state index in [1.165, 1.54) is 0 Å². The Bertz CT molecular complexity index is 288. The van der Waals surface area contributed by atoms with Crippen molar-refractivity contribution in [1.29, 1.82) is 0 Å². The first-order valence-electron chi connectivity index (χ1n) is 5.92. The lowest BCUT2D eigenvalue weighted by Gasteiger charge is -2.26. The minimum atomic E-state index is -3.04. The fraction of sp³-hybridized carbons (Fsp3) is 0.500. The average Bonchev–Trinajstić information content (AvgIpc) is 2.31. The van der Waals surface area contributed by atoms with Gasteiger partial charge in [0.15, 0.2) is 0 Å². The molecule has 1 aromatic rings. The normalized spacial score (nSPS) is 11.5. The van der Waals surface area contributed by atoms with Crippen LogP contribution in [-0.2, 0) is 13.3 Å². The van der Waals surface area contributed by atoms with E-state index in [0.29, 0.717) is 25.6 Å². The Labute approximate surface area is 104 Å². The molecule has 1 rings (SSSR count). The molecule has 5 heteroatoms. The minimum Gasteiger partial charge on any atom is -0.480 e. The van der Waals surface area contributed by atoms with E-state index in [0.717, 1.165) is 0 Å². The van der Waals surface area contributed by atoms with Gasteiger partial charge in [-0.1, -0.05) is 18.2 Å². The highest BCUT2D eigenvalue weighted by molar-refractivity contribution is 6.54. The molecule has 0 radical (unpaired) electrons. The third-order valence-corrected chi connectivity index (χ3v) is 4.36. The second kappa shape index (κ2) is 7.44. The first kappa shape index (κ1) is 14.2. The van der Waals surface area contributed by atoms with Gasteiger partial charge in [0, 0.05) is 19.8 Å². The maximum Gasteiger partial charge on any atom is 0.749 e. The summed E-state index contributed by atoms with van der Waals surface area (Å²) in [4.78, 5) is 0. The van der Waals surface area contributed by atoms with Crippen LogP contribution in [0, 0.1) is 0 Å². The summed E-state index contributed by atoms with van der Waals surface area (Å²) in [6.07, 6.45) is 0. The molecule has 0 spiro atoms. The summed E-state index contributed by atoms with van der Waals surface area (Å²) >= 11 is 0. The molecule has 0 unspecified atom stereocenters. The van der Waals surface area contributed by atoms with Crippen LogP contribution in [0.15, 0.2) is 30.3 Å². The van der Waals surface area contributed by atoms with Crippen molar-refractivity contribution in [3.05, 3.63) is 30.3 Å². The van der Waals surface area contributed by atoms with Crippen LogP contribution in [0.3, 0.4) is 0 Å². The maximum absolute atomic E-state index is 5.80. The van der Waals surface area contributed by atoms with Crippen LogP contribution in [0.5, 0.6) is 5.75 Å². The SMILES string of the molecule is CCO[Si](OCC)(OCC)Oc1ccccc1. The number of para-hydroxylation sites is 1. The summed E-state index contributed by atoms with van der Waals surface area (Å²) in [5.74, 6) is 0.703. The van der Waals surface area contributed by atoms with Gasteiger partial charge in [0.1, 0.15) is 5.75 Å². The molecule has 0 amide bonds. The van der Waals surface area contributed by atoms with E-state index >= 15 is 0 Å². The van der Waals surface area contributed by atoms with Crippen LogP contribution < -0.4 is 4.43 Å². The summed E-state index contributed by atoms with van der Waals surface area (Å²) in [7, 11) is -3.04. The summed E-state index contributed by atoms with van der Waals surface area (Å²) in [5, 5.41) is 0. The number of hydrogen-bond donors (Lipinski definition) is 0. The third-order valence-electron chi connectivity index (χ3n) is 1.95. The summed E-state index contributed by atoms with van der Waals surface area (Å²) in [6, 6.07) is 9.45. The molecule has 0 aliphatic rings. The highest BCUT2D eigenvalue weighted by Gasteiger charge is 2.47. The van der Waals surface area contributed by atoms with E-state index in [1.807, 2.05) is 51.1 Å². The van der Waals surface area contributed by atoms with Gasteiger partial charge in [0.2, 0.25) is 0 Å². The molecule has 0 fully saturated rings. The Kier molecular flexibility index (Phi) is 6.21. The van der Waals surface area contributed by atoms with Crippen molar-refractivity contribution in [3.8, 4) is 5.75 Å². The Balaban J connectivity index is 2.80. The smallest absolute Gasteiger partial charge is 0.480 e. The molecule has 0 heterocycles. The topological polar surface area (TPSA) is 36.9 Å². The molecule has 17 heavy (non-hydrogen) atoms. The highest BCUT2D eigenvalue weighted by atomic mass is 28.4. The van der Waals surface area contributed by atoms with Crippen molar-refractivity contribution in [2.75, 3.05) is 19.8 Å². The predicted octanol–water partition coefficient (Wildman–Crippen LogP) is 2.61. The molecular formula is C12H20O4Si. The van der Waals surface area contributed by atoms with Crippen LogP contribution in [0.1, 0.15) is 20.8 Å². The van der Waals surface area contributed by atoms with E-state index in [9.17, 15) is 0 Å². The number of hydrogen-bond acceptors (Lipinski definition) is 4. The van der Waals surface area contributed by atoms with Gasteiger partial charge in [0.05, 0.1) is 0 Å². The standard InChI is InChI=1S/C12H20O4Si/c1-4-13-17(14-5-2,15-6-3)16-12-10-8-7-9-11-12/h7-11H,4-6H2,1-3H3. The lowest BCUT2D eigenvalue weighted by atomic mass is 10.3. The molecule has 0 atom stereocenters. The quantitative estimate of drug-likeness (QED) is 0.670. The number of benzene rings is 1. The molecule has 1 aromatic carbocycles. The Hall–Kier alpha value is -0.883. The van der Waals surface area contributed by atoms with Crippen molar-refractivity contribution in [1.82, 2.24) is 0 Å². The van der Waals surface area contributed by atoms with E-state index in [-0.39, 0.29) is 0 Å². The fourth-order valence-corrected chi connectivity index (χ4v) is 3.29. The van der Waals surface area contributed by atoms with Crippen LogP contribution in [0.4, 0.5) is 0 Å². The van der Waals surface area contributed by atoms with Crippen LogP contribution in [0.25, 0.3) is 0 Å². The lowest BCUT2D eigenvalue weighted by Crippen LogP contribution is -2.52. The molecule has 4 nitrogen and oxygen atoms in total. The van der Waals surface area contributed by atoms with Gasteiger partial charge in [-0.05, 0) is 32.9 Å². The van der Waals surface area contributed by atoms with Gasteiger partial charge >= 0.3 is 9.05 Å². The summed E-state index contributed by atoms with van der Waals surface area (Å²) < 4.78 is 22.6. The zero-order valence-corrected chi connectivity index (χ0v) is 11.6. The Morgan fingerprint density at radius 3 is 1.71 bits per heavy atom. The van der Waals surface area contributed by atoms with E-state index in [4.69, 9.17) is 17.7 Å². The first-order chi connectivity index (χ1) is 8.26. The van der Waals surface area contributed by atoms with Gasteiger partial charge in [0.25, 0.3) is 0 Å². The Morgan fingerprint density at radius 1 is 0.824 bits per heavy atom. The van der Waals surface area contributed by atoms with Crippen LogP contribution >= 0.6 is 0 Å². The lowest BCUT2D eigenvalue weighted by molar-refractivity contribution is 0.00970. The van der Waals surface area contributed by atoms with Gasteiger partial charge in [-0.25, -0.2) is 0 Å². The summed E-state index contributed by atoms with van der Waals surface area (Å²) in [6.45, 7) is 7.19. The van der Waals surface area contributed by atoms with Crippen molar-refractivity contribution < 1.29 is 17.7 Å². The molecule has 0 bridgehead atoms. The first-order valence-corrected chi connectivity index (χ1v) is 7.55. The minimum absolute atomic E-state index is 0.499. The molecule has 0 aliphatic heterocycles. The van der Waals surface area contributed by atoms with Crippen LogP contribution in [0.2, 0.25) is 0 Å². The van der Waals surface area contributed by atoms with Crippen molar-refractivity contribution in [2.45, 2.75) is 20.8 Å². The van der Waals surface area contributed by atoms with E-state index in [1.54, 1.807) is 0 Å². The molecule has 0 saturated heterocycles. The number of rotatable bonds is 8. The zero-order chi connectivity index (χ0) is 12.6. The third kappa shape index (κ3) is 4.47. The highest BCUT2D eigenvalue weighted by Crippen LogP contribution is 2.18. The van der Waals surface area contributed by atoms with Gasteiger partial charge < -0.3 is 17.7 Å². The maximum atomic E-state index is 5.80. The summed E-state index contributed by atoms with van der Waals surface area (Å²) in [5.41, 5.74) is 0. The largest absolute Gasteiger partial charge is 0.749 e. The molecule has 0 aliphatic carbocycles.